The Morgan fingerprint density at radius 3 is 1.81 bits per heavy atom. The van der Waals surface area contributed by atoms with Gasteiger partial charge in [0.25, 0.3) is 0 Å². The molecule has 16 heavy (non-hydrogen) atoms. The Hall–Kier alpha value is -1.12. The molecule has 0 radical (unpaired) electrons. The number of hydrogen-bond acceptors (Lipinski definition) is 1. The van der Waals surface area contributed by atoms with E-state index in [-0.39, 0.29) is 5.78 Å². The molecule has 0 N–H and O–H groups in total. The van der Waals surface area contributed by atoms with Crippen molar-refractivity contribution in [3.05, 3.63) is 69.2 Å². The molecule has 2 rings (SSSR count). The normalized spacial score (nSPS) is 10.1. The quantitative estimate of drug-likeness (QED) is 0.754. The van der Waals surface area contributed by atoms with Gasteiger partial charge in [-0.15, -0.1) is 0 Å². The van der Waals surface area contributed by atoms with Gasteiger partial charge in [-0.2, -0.15) is 0 Å². The largest absolute Gasteiger partial charge is 0.289 e. The average molecular weight is 296 g/mol. The number of carbonyl (C=O) groups excluding carboxylic acids is 1. The van der Waals surface area contributed by atoms with Crippen LogP contribution in [0.25, 0.3) is 0 Å². The first kappa shape index (κ1) is 11.4. The van der Waals surface area contributed by atoms with Gasteiger partial charge in [0.2, 0.25) is 0 Å². The van der Waals surface area contributed by atoms with E-state index in [9.17, 15) is 4.79 Å². The predicted octanol–water partition coefficient (Wildman–Crippen LogP) is 4.33. The van der Waals surface area contributed by atoms with Gasteiger partial charge in [0, 0.05) is 20.6 Å². The number of hydrogen-bond donors (Lipinski definition) is 0. The second-order valence-electron chi connectivity index (χ2n) is 3.34. The van der Waals surface area contributed by atoms with Crippen LogP contribution in [0.3, 0.4) is 0 Å². The van der Waals surface area contributed by atoms with Crippen molar-refractivity contribution in [1.82, 2.24) is 0 Å². The molecule has 0 saturated carbocycles. The van der Waals surface area contributed by atoms with Crippen molar-refractivity contribution in [2.45, 2.75) is 0 Å². The third-order valence-electron chi connectivity index (χ3n) is 2.21. The molecular weight excluding hydrogens is 287 g/mol. The Morgan fingerprint density at radius 2 is 1.31 bits per heavy atom. The van der Waals surface area contributed by atoms with E-state index in [0.29, 0.717) is 16.1 Å². The summed E-state index contributed by atoms with van der Waals surface area (Å²) in [6.45, 7) is 0. The molecule has 0 atom stereocenters. The Balaban J connectivity index is 2.32. The van der Waals surface area contributed by atoms with Crippen molar-refractivity contribution < 1.29 is 4.79 Å². The van der Waals surface area contributed by atoms with Crippen LogP contribution in [0.2, 0.25) is 5.02 Å². The van der Waals surface area contributed by atoms with Crippen LogP contribution >= 0.6 is 27.5 Å². The fraction of sp³-hybridized carbons (Fsp3) is 0. The standard InChI is InChI=1S/C13H8BrClO/c14-11-5-1-9(2-6-11)13(16)10-3-7-12(15)8-4-10/h1-8H. The molecule has 0 aliphatic heterocycles. The number of benzene rings is 2. The summed E-state index contributed by atoms with van der Waals surface area (Å²) in [7, 11) is 0. The number of ketones is 1. The molecule has 0 bridgehead atoms. The molecule has 0 aliphatic carbocycles. The molecule has 0 aliphatic rings. The van der Waals surface area contributed by atoms with Gasteiger partial charge in [0.1, 0.15) is 0 Å². The van der Waals surface area contributed by atoms with Crippen molar-refractivity contribution in [2.75, 3.05) is 0 Å². The Bertz CT molecular complexity index is 455. The Kier molecular flexibility index (Phi) is 3.42. The molecule has 0 heterocycles. The molecule has 80 valence electrons. The summed E-state index contributed by atoms with van der Waals surface area (Å²) in [4.78, 5) is 12.0. The maximum atomic E-state index is 12.0. The van der Waals surface area contributed by atoms with E-state index < -0.39 is 0 Å². The molecular formula is C13H8BrClO. The van der Waals surface area contributed by atoms with E-state index in [4.69, 9.17) is 11.6 Å². The topological polar surface area (TPSA) is 17.1 Å². The van der Waals surface area contributed by atoms with Crippen LogP contribution in [-0.2, 0) is 0 Å². The monoisotopic (exact) mass is 294 g/mol. The molecule has 0 fully saturated rings. The van der Waals surface area contributed by atoms with Gasteiger partial charge in [-0.25, -0.2) is 0 Å². The number of carbonyl (C=O) groups is 1. The highest BCUT2D eigenvalue weighted by molar-refractivity contribution is 9.10. The second-order valence-corrected chi connectivity index (χ2v) is 4.70. The minimum atomic E-state index is 0.00386. The van der Waals surface area contributed by atoms with Gasteiger partial charge >= 0.3 is 0 Å². The lowest BCUT2D eigenvalue weighted by Gasteiger charge is -2.01. The van der Waals surface area contributed by atoms with Gasteiger partial charge in [-0.3, -0.25) is 4.79 Å². The maximum Gasteiger partial charge on any atom is 0.193 e. The summed E-state index contributed by atoms with van der Waals surface area (Å²) < 4.78 is 0.958. The Labute approximate surface area is 107 Å². The fourth-order valence-corrected chi connectivity index (χ4v) is 1.76. The summed E-state index contributed by atoms with van der Waals surface area (Å²) in [5.41, 5.74) is 1.32. The Morgan fingerprint density at radius 1 is 0.875 bits per heavy atom. The molecule has 2 aromatic carbocycles. The zero-order valence-corrected chi connectivity index (χ0v) is 10.6. The first-order chi connectivity index (χ1) is 7.66. The van der Waals surface area contributed by atoms with Gasteiger partial charge in [-0.1, -0.05) is 27.5 Å². The van der Waals surface area contributed by atoms with E-state index in [1.54, 1.807) is 36.4 Å². The van der Waals surface area contributed by atoms with Crippen molar-refractivity contribution in [3.63, 3.8) is 0 Å². The highest BCUT2D eigenvalue weighted by Gasteiger charge is 2.07. The van der Waals surface area contributed by atoms with Crippen molar-refractivity contribution >= 4 is 33.3 Å². The highest BCUT2D eigenvalue weighted by atomic mass is 79.9. The molecule has 0 amide bonds. The van der Waals surface area contributed by atoms with Crippen LogP contribution in [-0.4, -0.2) is 5.78 Å². The maximum absolute atomic E-state index is 12.0. The number of halogens is 2. The van der Waals surface area contributed by atoms with Crippen LogP contribution in [0.5, 0.6) is 0 Å². The van der Waals surface area contributed by atoms with E-state index in [2.05, 4.69) is 15.9 Å². The minimum absolute atomic E-state index is 0.00386. The lowest BCUT2D eigenvalue weighted by atomic mass is 10.0. The van der Waals surface area contributed by atoms with Crippen LogP contribution < -0.4 is 0 Å². The molecule has 0 spiro atoms. The fourth-order valence-electron chi connectivity index (χ4n) is 1.37. The van der Waals surface area contributed by atoms with E-state index in [1.807, 2.05) is 12.1 Å². The predicted molar refractivity (Wildman–Crippen MR) is 69.0 cm³/mol. The van der Waals surface area contributed by atoms with E-state index >= 15 is 0 Å². The van der Waals surface area contributed by atoms with E-state index in [0.717, 1.165) is 4.47 Å². The molecule has 2 aromatic rings. The second kappa shape index (κ2) is 4.81. The third-order valence-corrected chi connectivity index (χ3v) is 2.99. The third kappa shape index (κ3) is 2.52. The first-order valence-electron chi connectivity index (χ1n) is 4.72. The minimum Gasteiger partial charge on any atom is -0.289 e. The lowest BCUT2D eigenvalue weighted by molar-refractivity contribution is 0.103. The zero-order valence-electron chi connectivity index (χ0n) is 8.28. The molecule has 3 heteroatoms. The van der Waals surface area contributed by atoms with Crippen LogP contribution in [0.4, 0.5) is 0 Å². The molecule has 0 saturated heterocycles. The van der Waals surface area contributed by atoms with Crippen LogP contribution in [0, 0.1) is 0 Å². The van der Waals surface area contributed by atoms with Gasteiger partial charge in [0.05, 0.1) is 0 Å². The SMILES string of the molecule is O=C(c1ccc(Cl)cc1)c1ccc(Br)cc1. The van der Waals surface area contributed by atoms with Gasteiger partial charge in [-0.05, 0) is 48.5 Å². The summed E-state index contributed by atoms with van der Waals surface area (Å²) in [6.07, 6.45) is 0. The van der Waals surface area contributed by atoms with Crippen LogP contribution in [0.15, 0.2) is 53.0 Å². The van der Waals surface area contributed by atoms with Gasteiger partial charge in [0.15, 0.2) is 5.78 Å². The van der Waals surface area contributed by atoms with Crippen LogP contribution in [0.1, 0.15) is 15.9 Å². The molecule has 0 unspecified atom stereocenters. The van der Waals surface area contributed by atoms with Crippen molar-refractivity contribution in [2.24, 2.45) is 0 Å². The average Bonchev–Trinajstić information content (AvgIpc) is 2.30. The highest BCUT2D eigenvalue weighted by Crippen LogP contribution is 2.16. The van der Waals surface area contributed by atoms with Crippen molar-refractivity contribution in [1.29, 1.82) is 0 Å². The lowest BCUT2D eigenvalue weighted by Crippen LogP contribution is -2.00. The summed E-state index contributed by atoms with van der Waals surface area (Å²) in [5, 5.41) is 0.632. The van der Waals surface area contributed by atoms with Gasteiger partial charge < -0.3 is 0 Å². The molecule has 1 nitrogen and oxygen atoms in total. The first-order valence-corrected chi connectivity index (χ1v) is 5.90. The van der Waals surface area contributed by atoms with Crippen molar-refractivity contribution in [3.8, 4) is 0 Å². The number of rotatable bonds is 2. The zero-order chi connectivity index (χ0) is 11.5. The molecule has 0 aromatic heterocycles. The summed E-state index contributed by atoms with van der Waals surface area (Å²) in [6, 6.07) is 14.2. The smallest absolute Gasteiger partial charge is 0.193 e. The summed E-state index contributed by atoms with van der Waals surface area (Å²) >= 11 is 9.10. The summed E-state index contributed by atoms with van der Waals surface area (Å²) in [5.74, 6) is 0.00386. The van der Waals surface area contributed by atoms with E-state index in [1.165, 1.54) is 0 Å².